The Morgan fingerprint density at radius 1 is 0.820 bits per heavy atom. The van der Waals surface area contributed by atoms with Gasteiger partial charge in [-0.3, -0.25) is 14.4 Å². The first kappa shape index (κ1) is 38.1. The maximum absolute atomic E-state index is 13.7. The zero-order chi connectivity index (χ0) is 35.6. The molecule has 0 aromatic heterocycles. The summed E-state index contributed by atoms with van der Waals surface area (Å²) in [5.74, 6) is -1.10. The Morgan fingerprint density at radius 3 is 2.08 bits per heavy atom. The van der Waals surface area contributed by atoms with Crippen LogP contribution in [0, 0.1) is 11.8 Å². The quantitative estimate of drug-likeness (QED) is 0.0857. The molecule has 1 aliphatic carbocycles. The Labute approximate surface area is 297 Å². The number of aliphatic hydroxyl groups excluding tert-OH is 1. The first-order valence-electron chi connectivity index (χ1n) is 17.7. The lowest BCUT2D eigenvalue weighted by molar-refractivity contribution is -0.152. The number of hydrogen-bond acceptors (Lipinski definition) is 6. The van der Waals surface area contributed by atoms with E-state index in [0.29, 0.717) is 51.6 Å². The summed E-state index contributed by atoms with van der Waals surface area (Å²) < 4.78 is 11.8. The predicted molar refractivity (Wildman–Crippen MR) is 196 cm³/mol. The molecular formula is C42H52N2O6. The minimum atomic E-state index is -0.678. The molecule has 50 heavy (non-hydrogen) atoms. The molecule has 266 valence electrons. The van der Waals surface area contributed by atoms with E-state index < -0.39 is 17.5 Å². The van der Waals surface area contributed by atoms with Crippen molar-refractivity contribution in [1.82, 2.24) is 10.6 Å². The van der Waals surface area contributed by atoms with Gasteiger partial charge in [0.05, 0.1) is 30.0 Å². The van der Waals surface area contributed by atoms with Gasteiger partial charge in [-0.25, -0.2) is 0 Å². The van der Waals surface area contributed by atoms with Crippen LogP contribution in [0.1, 0.15) is 68.1 Å². The van der Waals surface area contributed by atoms with E-state index in [0.717, 1.165) is 35.3 Å². The molecule has 4 rings (SSSR count). The smallest absolute Gasteiger partial charge is 0.309 e. The van der Waals surface area contributed by atoms with Crippen molar-refractivity contribution in [3.05, 3.63) is 127 Å². The van der Waals surface area contributed by atoms with Gasteiger partial charge in [0.1, 0.15) is 19.0 Å². The van der Waals surface area contributed by atoms with Crippen LogP contribution in [0.3, 0.4) is 0 Å². The minimum Gasteiger partial charge on any atom is -0.489 e. The molecule has 1 fully saturated rings. The Hall–Kier alpha value is -4.69. The summed E-state index contributed by atoms with van der Waals surface area (Å²) in [6, 6.07) is 26.9. The zero-order valence-corrected chi connectivity index (χ0v) is 29.1. The number of nitrogens with one attached hydrogen (secondary N) is 2. The third-order valence-corrected chi connectivity index (χ3v) is 9.31. The van der Waals surface area contributed by atoms with E-state index in [1.54, 1.807) is 6.08 Å². The molecule has 3 N–H and O–H groups in total. The first-order valence-corrected chi connectivity index (χ1v) is 17.7. The number of rotatable bonds is 21. The average Bonchev–Trinajstić information content (AvgIpc) is 3.60. The summed E-state index contributed by atoms with van der Waals surface area (Å²) in [5.41, 5.74) is 2.40. The van der Waals surface area contributed by atoms with Crippen LogP contribution in [-0.2, 0) is 38.6 Å². The number of hydrogen-bond donors (Lipinski definition) is 3. The summed E-state index contributed by atoms with van der Waals surface area (Å²) in [6.45, 7) is 7.92. The lowest BCUT2D eigenvalue weighted by Gasteiger charge is -2.32. The van der Waals surface area contributed by atoms with Gasteiger partial charge < -0.3 is 25.2 Å². The van der Waals surface area contributed by atoms with E-state index in [4.69, 9.17) is 9.47 Å². The van der Waals surface area contributed by atoms with Crippen LogP contribution in [0.2, 0.25) is 0 Å². The minimum absolute atomic E-state index is 0.0583. The fourth-order valence-electron chi connectivity index (χ4n) is 6.47. The maximum atomic E-state index is 13.7. The summed E-state index contributed by atoms with van der Waals surface area (Å²) in [4.78, 5) is 40.2. The van der Waals surface area contributed by atoms with Crippen molar-refractivity contribution in [1.29, 1.82) is 0 Å². The van der Waals surface area contributed by atoms with E-state index in [-0.39, 0.29) is 43.3 Å². The van der Waals surface area contributed by atoms with E-state index >= 15 is 0 Å². The van der Waals surface area contributed by atoms with E-state index in [9.17, 15) is 19.5 Å². The highest BCUT2D eigenvalue weighted by molar-refractivity contribution is 5.86. The van der Waals surface area contributed by atoms with Crippen LogP contribution in [0.15, 0.2) is 110 Å². The second-order valence-electron chi connectivity index (χ2n) is 13.3. The van der Waals surface area contributed by atoms with Crippen LogP contribution in [0.4, 0.5) is 0 Å². The number of carbonyl (C=O) groups excluding carboxylic acids is 3. The Balaban J connectivity index is 1.30. The molecule has 2 amide bonds. The van der Waals surface area contributed by atoms with Gasteiger partial charge >= 0.3 is 5.97 Å². The maximum Gasteiger partial charge on any atom is 0.309 e. The van der Waals surface area contributed by atoms with Crippen LogP contribution in [0.5, 0.6) is 5.75 Å². The highest BCUT2D eigenvalue weighted by Crippen LogP contribution is 2.31. The fraction of sp³-hybridized carbons (Fsp3) is 0.405. The van der Waals surface area contributed by atoms with Crippen molar-refractivity contribution in [3.8, 4) is 5.75 Å². The summed E-state index contributed by atoms with van der Waals surface area (Å²) >= 11 is 0. The summed E-state index contributed by atoms with van der Waals surface area (Å²) in [6.07, 6.45) is 9.24. The second-order valence-corrected chi connectivity index (χ2v) is 13.3. The number of allylic oxidation sites excluding steroid dienone is 2. The van der Waals surface area contributed by atoms with Crippen LogP contribution >= 0.6 is 0 Å². The Kier molecular flexibility index (Phi) is 15.3. The molecule has 0 saturated heterocycles. The predicted octanol–water partition coefficient (Wildman–Crippen LogP) is 6.66. The van der Waals surface area contributed by atoms with Gasteiger partial charge in [-0.15, -0.1) is 13.2 Å². The van der Waals surface area contributed by atoms with Gasteiger partial charge in [0.2, 0.25) is 11.8 Å². The molecule has 0 heterocycles. The van der Waals surface area contributed by atoms with Crippen molar-refractivity contribution < 1.29 is 29.0 Å². The van der Waals surface area contributed by atoms with Gasteiger partial charge in [0, 0.05) is 6.42 Å². The van der Waals surface area contributed by atoms with Gasteiger partial charge in [0.25, 0.3) is 0 Å². The number of amides is 2. The average molecular weight is 681 g/mol. The van der Waals surface area contributed by atoms with Crippen LogP contribution < -0.4 is 15.4 Å². The van der Waals surface area contributed by atoms with Crippen molar-refractivity contribution in [2.45, 2.75) is 82.4 Å². The highest BCUT2D eigenvalue weighted by atomic mass is 16.5. The van der Waals surface area contributed by atoms with E-state index in [1.807, 2.05) is 91.0 Å². The van der Waals surface area contributed by atoms with Crippen molar-refractivity contribution in [2.75, 3.05) is 13.2 Å². The molecule has 1 aliphatic rings. The zero-order valence-electron chi connectivity index (χ0n) is 29.1. The number of esters is 1. The van der Waals surface area contributed by atoms with Crippen molar-refractivity contribution in [3.63, 3.8) is 0 Å². The number of benzene rings is 3. The monoisotopic (exact) mass is 680 g/mol. The van der Waals surface area contributed by atoms with Gasteiger partial charge in [-0.1, -0.05) is 97.8 Å². The first-order chi connectivity index (χ1) is 24.3. The van der Waals surface area contributed by atoms with Gasteiger partial charge in [-0.2, -0.15) is 0 Å². The standard InChI is InChI=1S/C42H52N2O6/c1-3-5-19-36(26-32-15-8-6-9-16-32)41(48)50-31-42(24-12-13-25-42)44-40(47)35(14-4-2)28-39(46)43-37(29-45)27-33-20-22-38(23-21-33)49-30-34-17-10-7-11-18-34/h3-4,6-11,15-18,20-23,35-37,45H,1-2,5,12-14,19,24-31H2,(H,43,46)(H,44,47)/t35-,36-,37+/m1/s1. The fourth-order valence-corrected chi connectivity index (χ4v) is 6.47. The second kappa shape index (κ2) is 20.1. The summed E-state index contributed by atoms with van der Waals surface area (Å²) in [7, 11) is 0. The Bertz CT molecular complexity index is 1500. The molecule has 8 nitrogen and oxygen atoms in total. The van der Waals surface area contributed by atoms with Crippen molar-refractivity contribution in [2.24, 2.45) is 11.8 Å². The summed E-state index contributed by atoms with van der Waals surface area (Å²) in [5, 5.41) is 16.1. The van der Waals surface area contributed by atoms with Crippen LogP contribution in [0.25, 0.3) is 0 Å². The normalized spacial score (nSPS) is 15.2. The third-order valence-electron chi connectivity index (χ3n) is 9.31. The molecule has 8 heteroatoms. The van der Waals surface area contributed by atoms with Gasteiger partial charge in [-0.05, 0) is 73.8 Å². The molecule has 0 aliphatic heterocycles. The number of aliphatic hydroxyl groups is 1. The SMILES string of the molecule is C=CCC[C@H](Cc1ccccc1)C(=O)OCC1(NC(=O)[C@H](CC=C)CC(=O)N[C@H](CO)Cc2ccc(OCc3ccccc3)cc2)CCCC1. The molecule has 3 aromatic carbocycles. The largest absolute Gasteiger partial charge is 0.489 e. The Morgan fingerprint density at radius 2 is 1.46 bits per heavy atom. The third kappa shape index (κ3) is 12.3. The topological polar surface area (TPSA) is 114 Å². The molecule has 0 unspecified atom stereocenters. The lowest BCUT2D eigenvalue weighted by atomic mass is 9.93. The molecule has 0 spiro atoms. The van der Waals surface area contributed by atoms with E-state index in [2.05, 4.69) is 23.8 Å². The van der Waals surface area contributed by atoms with Gasteiger partial charge in [0.15, 0.2) is 0 Å². The number of ether oxygens (including phenoxy) is 2. The molecule has 1 saturated carbocycles. The van der Waals surface area contributed by atoms with Crippen molar-refractivity contribution >= 4 is 17.8 Å². The molecule has 3 atom stereocenters. The molecule has 0 bridgehead atoms. The lowest BCUT2D eigenvalue weighted by Crippen LogP contribution is -2.53. The highest BCUT2D eigenvalue weighted by Gasteiger charge is 2.39. The van der Waals surface area contributed by atoms with E-state index in [1.165, 1.54) is 0 Å². The molecular weight excluding hydrogens is 628 g/mol. The molecule has 0 radical (unpaired) electrons. The van der Waals surface area contributed by atoms with Crippen LogP contribution in [-0.4, -0.2) is 47.7 Å². The number of carbonyl (C=O) groups is 3. The molecule has 3 aromatic rings.